The topological polar surface area (TPSA) is 68.7 Å². The third kappa shape index (κ3) is 4.59. The molecule has 0 atom stereocenters. The van der Waals surface area contributed by atoms with Crippen LogP contribution in [0.4, 0.5) is 0 Å². The Morgan fingerprint density at radius 1 is 1.39 bits per heavy atom. The zero-order valence-electron chi connectivity index (χ0n) is 12.5. The van der Waals surface area contributed by atoms with E-state index in [1.54, 1.807) is 12.1 Å². The van der Waals surface area contributed by atoms with Gasteiger partial charge in [-0.3, -0.25) is 0 Å². The zero-order valence-corrected chi connectivity index (χ0v) is 13.3. The maximum atomic E-state index is 10.8. The highest BCUT2D eigenvalue weighted by atomic mass is 32.1. The molecule has 2 aromatic rings. The van der Waals surface area contributed by atoms with E-state index in [9.17, 15) is 4.79 Å². The van der Waals surface area contributed by atoms with Crippen molar-refractivity contribution in [3.63, 3.8) is 0 Å². The number of benzene rings is 1. The Labute approximate surface area is 138 Å². The van der Waals surface area contributed by atoms with Gasteiger partial charge in [-0.1, -0.05) is 18.1 Å². The molecule has 5 nitrogen and oxygen atoms in total. The van der Waals surface area contributed by atoms with Crippen molar-refractivity contribution in [2.24, 2.45) is 0 Å². The van der Waals surface area contributed by atoms with E-state index in [0.717, 1.165) is 16.9 Å². The Morgan fingerprint density at radius 2 is 2.22 bits per heavy atom. The summed E-state index contributed by atoms with van der Waals surface area (Å²) in [4.78, 5) is 15.1. The quantitative estimate of drug-likeness (QED) is 0.788. The molecule has 118 valence electrons. The summed E-state index contributed by atoms with van der Waals surface area (Å²) in [5.41, 5.74) is 0.883. The maximum Gasteiger partial charge on any atom is 0.347 e. The van der Waals surface area contributed by atoms with E-state index < -0.39 is 5.97 Å². The SMILES string of the molecule is C#CCOc1ccc(/C=C/c2ncc(C(=O)O)s2)cc1OCC. The molecular weight excluding hydrogens is 314 g/mol. The summed E-state index contributed by atoms with van der Waals surface area (Å²) in [5, 5.41) is 9.50. The highest BCUT2D eigenvalue weighted by Gasteiger charge is 2.07. The molecule has 0 spiro atoms. The number of aromatic carboxylic acids is 1. The first-order chi connectivity index (χ1) is 11.1. The summed E-state index contributed by atoms with van der Waals surface area (Å²) in [5.74, 6) is 2.63. The minimum atomic E-state index is -0.976. The lowest BCUT2D eigenvalue weighted by molar-refractivity contribution is 0.0702. The molecule has 0 amide bonds. The minimum Gasteiger partial charge on any atom is -0.490 e. The molecule has 23 heavy (non-hydrogen) atoms. The molecule has 0 unspecified atom stereocenters. The monoisotopic (exact) mass is 329 g/mol. The number of rotatable bonds is 7. The van der Waals surface area contributed by atoms with Gasteiger partial charge in [-0.15, -0.1) is 17.8 Å². The Kier molecular flexibility index (Phi) is 5.78. The van der Waals surface area contributed by atoms with Gasteiger partial charge in [0, 0.05) is 0 Å². The Bertz CT molecular complexity index is 758. The van der Waals surface area contributed by atoms with Crippen molar-refractivity contribution < 1.29 is 19.4 Å². The molecule has 1 aromatic heterocycles. The second kappa shape index (κ2) is 8.01. The number of thiazole rings is 1. The number of hydrogen-bond acceptors (Lipinski definition) is 5. The van der Waals surface area contributed by atoms with Crippen LogP contribution < -0.4 is 9.47 Å². The van der Waals surface area contributed by atoms with Crippen LogP contribution in [-0.2, 0) is 0 Å². The molecule has 0 aliphatic heterocycles. The van der Waals surface area contributed by atoms with E-state index in [-0.39, 0.29) is 11.5 Å². The third-order valence-corrected chi connectivity index (χ3v) is 3.68. The predicted molar refractivity (Wildman–Crippen MR) is 89.9 cm³/mol. The van der Waals surface area contributed by atoms with E-state index in [0.29, 0.717) is 23.1 Å². The number of hydrogen-bond donors (Lipinski definition) is 1. The van der Waals surface area contributed by atoms with Crippen LogP contribution in [0.2, 0.25) is 0 Å². The molecule has 6 heteroatoms. The van der Waals surface area contributed by atoms with E-state index in [2.05, 4.69) is 10.9 Å². The molecule has 1 heterocycles. The lowest BCUT2D eigenvalue weighted by Gasteiger charge is -2.10. The summed E-state index contributed by atoms with van der Waals surface area (Å²) in [6.45, 7) is 2.57. The van der Waals surface area contributed by atoms with E-state index >= 15 is 0 Å². The molecule has 0 aliphatic rings. The average molecular weight is 329 g/mol. The summed E-state index contributed by atoms with van der Waals surface area (Å²) >= 11 is 1.11. The molecule has 0 radical (unpaired) electrons. The highest BCUT2D eigenvalue weighted by molar-refractivity contribution is 7.14. The molecule has 1 aromatic carbocycles. The van der Waals surface area contributed by atoms with Gasteiger partial charge in [-0.2, -0.15) is 0 Å². The van der Waals surface area contributed by atoms with Crippen molar-refractivity contribution >= 4 is 29.5 Å². The van der Waals surface area contributed by atoms with Crippen LogP contribution >= 0.6 is 11.3 Å². The third-order valence-electron chi connectivity index (χ3n) is 2.73. The zero-order chi connectivity index (χ0) is 16.7. The molecule has 1 N–H and O–H groups in total. The molecule has 0 aliphatic carbocycles. The van der Waals surface area contributed by atoms with Gasteiger partial charge in [0.2, 0.25) is 0 Å². The van der Waals surface area contributed by atoms with Gasteiger partial charge < -0.3 is 14.6 Å². The van der Waals surface area contributed by atoms with Crippen molar-refractivity contribution in [2.45, 2.75) is 6.92 Å². The van der Waals surface area contributed by atoms with Crippen molar-refractivity contribution in [3.05, 3.63) is 39.8 Å². The predicted octanol–water partition coefficient (Wildman–Crippen LogP) is 3.42. The Morgan fingerprint density at radius 3 is 2.87 bits per heavy atom. The van der Waals surface area contributed by atoms with Crippen molar-refractivity contribution in [2.75, 3.05) is 13.2 Å². The Hall–Kier alpha value is -2.78. The van der Waals surface area contributed by atoms with Crippen molar-refractivity contribution in [3.8, 4) is 23.8 Å². The summed E-state index contributed by atoms with van der Waals surface area (Å²) in [6.07, 6.45) is 10.1. The number of carboxylic acid groups (broad SMARTS) is 1. The summed E-state index contributed by atoms with van der Waals surface area (Å²) in [7, 11) is 0. The van der Waals surface area contributed by atoms with Crippen LogP contribution in [0.3, 0.4) is 0 Å². The molecule has 0 bridgehead atoms. The maximum absolute atomic E-state index is 10.8. The van der Waals surface area contributed by atoms with E-state index in [1.807, 2.05) is 25.1 Å². The van der Waals surface area contributed by atoms with Gasteiger partial charge in [0.25, 0.3) is 0 Å². The molecular formula is C17H15NO4S. The van der Waals surface area contributed by atoms with Crippen molar-refractivity contribution in [1.82, 2.24) is 4.98 Å². The van der Waals surface area contributed by atoms with Crippen LogP contribution in [0.5, 0.6) is 11.5 Å². The van der Waals surface area contributed by atoms with E-state index in [4.69, 9.17) is 21.0 Å². The van der Waals surface area contributed by atoms with Crippen LogP contribution in [-0.4, -0.2) is 29.3 Å². The standard InChI is InChI=1S/C17H15NO4S/c1-3-9-22-13-7-5-12(10-14(13)21-4-2)6-8-16-18-11-15(23-16)17(19)20/h1,5-8,10-11H,4,9H2,2H3,(H,19,20)/b8-6+. The molecule has 0 saturated heterocycles. The van der Waals surface area contributed by atoms with Gasteiger partial charge in [-0.05, 0) is 30.7 Å². The highest BCUT2D eigenvalue weighted by Crippen LogP contribution is 2.29. The normalized spacial score (nSPS) is 10.4. The second-order valence-corrected chi connectivity index (χ2v) is 5.40. The largest absolute Gasteiger partial charge is 0.490 e. The molecule has 0 fully saturated rings. The summed E-state index contributed by atoms with van der Waals surface area (Å²) < 4.78 is 11.0. The van der Waals surface area contributed by atoms with E-state index in [1.165, 1.54) is 6.20 Å². The van der Waals surface area contributed by atoms with Gasteiger partial charge in [0.15, 0.2) is 11.5 Å². The first-order valence-corrected chi connectivity index (χ1v) is 7.66. The Balaban J connectivity index is 2.18. The first kappa shape index (κ1) is 16.6. The van der Waals surface area contributed by atoms with Crippen molar-refractivity contribution in [1.29, 1.82) is 0 Å². The van der Waals surface area contributed by atoms with Gasteiger partial charge in [-0.25, -0.2) is 9.78 Å². The number of terminal acetylenes is 1. The smallest absolute Gasteiger partial charge is 0.347 e. The van der Waals surface area contributed by atoms with Crippen LogP contribution in [0, 0.1) is 12.3 Å². The fraction of sp³-hybridized carbons (Fsp3) is 0.176. The fourth-order valence-corrected chi connectivity index (χ4v) is 2.43. The number of aromatic nitrogens is 1. The van der Waals surface area contributed by atoms with Crippen LogP contribution in [0.1, 0.15) is 27.2 Å². The van der Waals surface area contributed by atoms with Gasteiger partial charge >= 0.3 is 5.97 Å². The average Bonchev–Trinajstić information content (AvgIpc) is 3.01. The van der Waals surface area contributed by atoms with Gasteiger partial charge in [0.05, 0.1) is 12.8 Å². The number of nitrogens with zero attached hydrogens (tertiary/aromatic N) is 1. The first-order valence-electron chi connectivity index (χ1n) is 6.84. The second-order valence-electron chi connectivity index (χ2n) is 4.33. The lowest BCUT2D eigenvalue weighted by Crippen LogP contribution is -1.99. The molecule has 2 rings (SSSR count). The van der Waals surface area contributed by atoms with Crippen LogP contribution in [0.15, 0.2) is 24.4 Å². The fourth-order valence-electron chi connectivity index (χ4n) is 1.77. The number of carboxylic acids is 1. The molecule has 0 saturated carbocycles. The summed E-state index contributed by atoms with van der Waals surface area (Å²) in [6, 6.07) is 5.47. The number of carbonyl (C=O) groups is 1. The van der Waals surface area contributed by atoms with Crippen LogP contribution in [0.25, 0.3) is 12.2 Å². The lowest BCUT2D eigenvalue weighted by atomic mass is 10.2. The van der Waals surface area contributed by atoms with Gasteiger partial charge in [0.1, 0.15) is 16.5 Å². The number of ether oxygens (including phenoxy) is 2. The minimum absolute atomic E-state index is 0.173.